The SMILES string of the molecule is CC(=O)c1ccccc1-c1[nH]n2c(nc3ccccc32)c1N=Nc1cnncn1.CCOC(=O)CNc1[nH]n2c(nc3ccccc32)c1N=Nc1nc(CC)no1.CCOC(=O)c1ccccc1-c1[nH]n2c(nc3ccccc32)c1N=Nc1ncnc(Cl)c1Cl. The zero-order valence-corrected chi connectivity index (χ0v) is 49.3. The summed E-state index contributed by atoms with van der Waals surface area (Å²) in [4.78, 5) is 66.5. The third-order valence-corrected chi connectivity index (χ3v) is 14.1. The Bertz CT molecular complexity index is 5080. The molecular formula is C59H47Cl2N23O6. The third-order valence-electron chi connectivity index (χ3n) is 13.4. The Labute approximate surface area is 516 Å². The Morgan fingerprint density at radius 2 is 1.12 bits per heavy atom. The highest BCUT2D eigenvalue weighted by molar-refractivity contribution is 6.42. The number of benzene rings is 5. The second-order valence-electron chi connectivity index (χ2n) is 19.0. The van der Waals surface area contributed by atoms with Gasteiger partial charge in [0, 0.05) is 23.1 Å². The largest absolute Gasteiger partial charge is 0.465 e. The molecule has 4 N–H and O–H groups in total. The Kier molecular flexibility index (Phi) is 16.9. The zero-order valence-electron chi connectivity index (χ0n) is 47.8. The molecule has 14 rings (SSSR count). The number of carbonyl (C=O) groups is 3. The Morgan fingerprint density at radius 3 is 1.70 bits per heavy atom. The van der Waals surface area contributed by atoms with E-state index in [0.717, 1.165) is 38.7 Å². The molecule has 0 aliphatic carbocycles. The number of ether oxygens (including phenoxy) is 2. The molecule has 448 valence electrons. The minimum atomic E-state index is -0.446. The maximum Gasteiger partial charge on any atom is 0.366 e. The van der Waals surface area contributed by atoms with Gasteiger partial charge in [0.15, 0.2) is 68.2 Å². The van der Waals surface area contributed by atoms with Gasteiger partial charge in [0.05, 0.1) is 69.5 Å². The Balaban J connectivity index is 0.000000131. The van der Waals surface area contributed by atoms with Crippen LogP contribution in [0.4, 0.5) is 40.5 Å². The van der Waals surface area contributed by atoms with E-state index in [9.17, 15) is 14.4 Å². The van der Waals surface area contributed by atoms with Crippen molar-refractivity contribution in [1.29, 1.82) is 0 Å². The molecule has 14 aromatic rings. The first-order valence-corrected chi connectivity index (χ1v) is 28.4. The number of aromatic amines is 3. The molecular weight excluding hydrogens is 1200 g/mol. The number of esters is 2. The molecule has 0 saturated carbocycles. The second-order valence-corrected chi connectivity index (χ2v) is 19.8. The van der Waals surface area contributed by atoms with E-state index in [4.69, 9.17) is 47.2 Å². The van der Waals surface area contributed by atoms with Crippen LogP contribution < -0.4 is 5.32 Å². The van der Waals surface area contributed by atoms with Crippen LogP contribution in [0.5, 0.6) is 0 Å². The lowest BCUT2D eigenvalue weighted by Crippen LogP contribution is -2.17. The number of nitrogens with one attached hydrogen (secondary N) is 4. The first-order chi connectivity index (χ1) is 44.0. The molecule has 0 bridgehead atoms. The molecule has 0 atom stereocenters. The van der Waals surface area contributed by atoms with Crippen molar-refractivity contribution in [2.24, 2.45) is 30.7 Å². The molecule has 29 nitrogen and oxygen atoms in total. The minimum absolute atomic E-state index is 0.0293. The summed E-state index contributed by atoms with van der Waals surface area (Å²) in [5, 5.41) is 49.6. The van der Waals surface area contributed by atoms with Crippen LogP contribution in [0, 0.1) is 0 Å². The summed E-state index contributed by atoms with van der Waals surface area (Å²) >= 11 is 12.2. The molecule has 0 radical (unpaired) electrons. The highest BCUT2D eigenvalue weighted by atomic mass is 35.5. The van der Waals surface area contributed by atoms with Gasteiger partial charge >= 0.3 is 18.0 Å². The summed E-state index contributed by atoms with van der Waals surface area (Å²) in [5.41, 5.74) is 11.4. The number of azo groups is 3. The fourth-order valence-corrected chi connectivity index (χ4v) is 9.65. The standard InChI is InChI=1S/C22H15Cl2N7O2.C20H14N8O.C17H18N8O3/c1-2-33-22(32)13-8-4-3-7-12(13)17-18(28-29-20-16(23)19(24)25-11-26-20)21-27-14-9-5-6-10-15(14)31(21)30-17;1-12(29)13-6-2-3-7-14(13)18-19(26-25-17-10-22-23-11-21-17)20-24-15-8-4-5-9-16(15)28(20)27-18;1-3-12-20-17(28-24-12)22-21-14-15(18-9-13(26)27-4-2)23-25-11-8-6-5-7-10(11)19-16(14)25/h3-11,30H,2H2,1H3;2-11,27H,1H3;5-8,18,23H,3-4,9H2,1-2H3. The molecule has 5 aromatic carbocycles. The summed E-state index contributed by atoms with van der Waals surface area (Å²) in [5.74, 6) is 0.574. The van der Waals surface area contributed by atoms with Gasteiger partial charge in [-0.25, -0.2) is 48.2 Å². The monoisotopic (exact) mass is 1240 g/mol. The van der Waals surface area contributed by atoms with Crippen LogP contribution in [0.15, 0.2) is 175 Å². The highest BCUT2D eigenvalue weighted by Crippen LogP contribution is 2.41. The summed E-state index contributed by atoms with van der Waals surface area (Å²) < 4.78 is 20.6. The first kappa shape index (κ1) is 58.5. The molecule has 0 aliphatic rings. The molecule has 0 fully saturated rings. The molecule has 9 heterocycles. The number of anilines is 1. The number of H-pyrrole nitrogens is 3. The van der Waals surface area contributed by atoms with Crippen LogP contribution in [-0.2, 0) is 20.7 Å². The van der Waals surface area contributed by atoms with E-state index in [1.165, 1.54) is 25.8 Å². The van der Waals surface area contributed by atoms with Crippen molar-refractivity contribution in [2.75, 3.05) is 25.1 Å². The number of para-hydroxylation sites is 6. The van der Waals surface area contributed by atoms with Crippen molar-refractivity contribution in [3.63, 3.8) is 0 Å². The fourth-order valence-electron chi connectivity index (χ4n) is 9.39. The molecule has 0 amide bonds. The van der Waals surface area contributed by atoms with Gasteiger partial charge in [0.2, 0.25) is 0 Å². The van der Waals surface area contributed by atoms with Crippen LogP contribution in [0.2, 0.25) is 10.2 Å². The lowest BCUT2D eigenvalue weighted by atomic mass is 10.0. The Hall–Kier alpha value is -11.9. The second kappa shape index (κ2) is 26.0. The summed E-state index contributed by atoms with van der Waals surface area (Å²) in [6.45, 7) is 7.49. The normalized spacial score (nSPS) is 11.6. The van der Waals surface area contributed by atoms with E-state index in [1.807, 2.05) is 109 Å². The molecule has 0 saturated heterocycles. The van der Waals surface area contributed by atoms with Gasteiger partial charge in [-0.1, -0.05) is 119 Å². The molecule has 9 aromatic heterocycles. The minimum Gasteiger partial charge on any atom is -0.465 e. The fraction of sp³-hybridized carbons (Fsp3) is 0.136. The smallest absolute Gasteiger partial charge is 0.366 e. The Morgan fingerprint density at radius 1 is 0.578 bits per heavy atom. The number of aromatic nitrogens is 16. The zero-order chi connectivity index (χ0) is 62.3. The number of aryl methyl sites for hydroxylation is 1. The van der Waals surface area contributed by atoms with Crippen LogP contribution >= 0.6 is 23.2 Å². The van der Waals surface area contributed by atoms with Crippen molar-refractivity contribution in [2.45, 2.75) is 34.1 Å². The molecule has 90 heavy (non-hydrogen) atoms. The van der Waals surface area contributed by atoms with Gasteiger partial charge in [-0.15, -0.1) is 30.7 Å². The average Bonchev–Trinajstić information content (AvgIpc) is 1.63. The maximum absolute atomic E-state index is 12.6. The van der Waals surface area contributed by atoms with Crippen LogP contribution in [-0.4, -0.2) is 117 Å². The number of ketones is 1. The van der Waals surface area contributed by atoms with Gasteiger partial charge in [-0.2, -0.15) is 10.1 Å². The molecule has 0 unspecified atom stereocenters. The molecule has 0 aliphatic heterocycles. The number of carbonyl (C=O) groups excluding carboxylic acids is 3. The average molecular weight is 1250 g/mol. The van der Waals surface area contributed by atoms with Gasteiger partial charge in [-0.05, 0) is 63.2 Å². The number of hydrogen-bond donors (Lipinski definition) is 4. The van der Waals surface area contributed by atoms with Crippen molar-refractivity contribution >= 4 is 131 Å². The maximum atomic E-state index is 12.6. The van der Waals surface area contributed by atoms with E-state index >= 15 is 0 Å². The highest BCUT2D eigenvalue weighted by Gasteiger charge is 2.25. The van der Waals surface area contributed by atoms with E-state index in [-0.39, 0.29) is 46.9 Å². The van der Waals surface area contributed by atoms with Crippen LogP contribution in [0.3, 0.4) is 0 Å². The summed E-state index contributed by atoms with van der Waals surface area (Å²) in [6.07, 6.45) is 4.59. The van der Waals surface area contributed by atoms with Crippen molar-refractivity contribution in [3.05, 3.63) is 167 Å². The summed E-state index contributed by atoms with van der Waals surface area (Å²) in [7, 11) is 0. The van der Waals surface area contributed by atoms with Gasteiger partial charge in [0.1, 0.15) is 24.2 Å². The van der Waals surface area contributed by atoms with E-state index in [0.29, 0.717) is 92.6 Å². The molecule has 0 spiro atoms. The first-order valence-electron chi connectivity index (χ1n) is 27.6. The topological polar surface area (TPSA) is 358 Å². The number of halogens is 2. The van der Waals surface area contributed by atoms with Crippen LogP contribution in [0.25, 0.3) is 72.6 Å². The number of rotatable bonds is 16. The van der Waals surface area contributed by atoms with E-state index in [2.05, 4.69) is 91.6 Å². The van der Waals surface area contributed by atoms with Crippen LogP contribution in [0.1, 0.15) is 54.2 Å². The molecule has 31 heteroatoms. The van der Waals surface area contributed by atoms with E-state index in [1.54, 1.807) is 47.1 Å². The predicted molar refractivity (Wildman–Crippen MR) is 331 cm³/mol. The van der Waals surface area contributed by atoms with Crippen molar-refractivity contribution < 1.29 is 28.4 Å². The van der Waals surface area contributed by atoms with Gasteiger partial charge in [0.25, 0.3) is 0 Å². The number of hydrogen-bond acceptors (Lipinski definition) is 23. The lowest BCUT2D eigenvalue weighted by molar-refractivity contribution is -0.140. The van der Waals surface area contributed by atoms with Gasteiger partial charge < -0.3 is 19.3 Å². The third kappa shape index (κ3) is 11.9. The number of nitrogens with zero attached hydrogens (tertiary/aromatic N) is 19. The number of Topliss-reactive ketones (excluding diaryl/α,β-unsaturated/α-hetero) is 1. The van der Waals surface area contributed by atoms with Crippen molar-refractivity contribution in [3.8, 4) is 22.5 Å². The number of imidazole rings is 3. The van der Waals surface area contributed by atoms with Gasteiger partial charge in [-0.3, -0.25) is 24.9 Å². The van der Waals surface area contributed by atoms with Crippen molar-refractivity contribution in [1.82, 2.24) is 79.1 Å². The van der Waals surface area contributed by atoms with E-state index < -0.39 is 5.97 Å². The lowest BCUT2D eigenvalue weighted by Gasteiger charge is -2.08. The number of fused-ring (bicyclic) bond motifs is 9. The quantitative estimate of drug-likeness (QED) is 0.0302. The predicted octanol–water partition coefficient (Wildman–Crippen LogP) is 13.6. The summed E-state index contributed by atoms with van der Waals surface area (Å²) in [6, 6.07) is 37.5.